The van der Waals surface area contributed by atoms with Gasteiger partial charge in [-0.05, 0) is 23.8 Å². The molecular weight excluding hydrogens is 379 g/mol. The van der Waals surface area contributed by atoms with Gasteiger partial charge in [0, 0.05) is 32.4 Å². The van der Waals surface area contributed by atoms with Gasteiger partial charge >= 0.3 is 0 Å². The van der Waals surface area contributed by atoms with Gasteiger partial charge in [-0.25, -0.2) is 12.8 Å². The summed E-state index contributed by atoms with van der Waals surface area (Å²) in [6.07, 6.45) is 0. The predicted molar refractivity (Wildman–Crippen MR) is 99.5 cm³/mol. The van der Waals surface area contributed by atoms with Crippen LogP contribution in [0.15, 0.2) is 47.4 Å². The molecule has 8 heteroatoms. The second-order valence-electron chi connectivity index (χ2n) is 6.04. The van der Waals surface area contributed by atoms with Gasteiger partial charge in [-0.1, -0.05) is 35.9 Å². The molecule has 3 rings (SSSR count). The van der Waals surface area contributed by atoms with Crippen LogP contribution >= 0.6 is 11.6 Å². The Labute approximate surface area is 158 Å². The van der Waals surface area contributed by atoms with Crippen molar-refractivity contribution in [2.24, 2.45) is 0 Å². The second kappa shape index (κ2) is 7.92. The van der Waals surface area contributed by atoms with Gasteiger partial charge in [0.2, 0.25) is 10.0 Å². The Kier molecular flexibility index (Phi) is 5.82. The SMILES string of the molecule is CN(Cc1ccccc1N1CCOCC1)S(=O)(=O)c1cccc(Cl)c1F. The Balaban J connectivity index is 1.88. The van der Waals surface area contributed by atoms with Crippen LogP contribution in [0.3, 0.4) is 0 Å². The van der Waals surface area contributed by atoms with Crippen molar-refractivity contribution in [1.82, 2.24) is 4.31 Å². The summed E-state index contributed by atoms with van der Waals surface area (Å²) in [6.45, 7) is 2.89. The summed E-state index contributed by atoms with van der Waals surface area (Å²) >= 11 is 5.74. The first kappa shape index (κ1) is 19.1. The molecule has 2 aromatic rings. The fourth-order valence-electron chi connectivity index (χ4n) is 2.93. The molecule has 0 spiro atoms. The highest BCUT2D eigenvalue weighted by molar-refractivity contribution is 7.89. The predicted octanol–water partition coefficient (Wildman–Crippen LogP) is 3.14. The quantitative estimate of drug-likeness (QED) is 0.776. The van der Waals surface area contributed by atoms with Gasteiger partial charge < -0.3 is 9.64 Å². The molecule has 2 aromatic carbocycles. The summed E-state index contributed by atoms with van der Waals surface area (Å²) in [5.74, 6) is -0.928. The first-order valence-corrected chi connectivity index (χ1v) is 10.0. The van der Waals surface area contributed by atoms with Crippen LogP contribution in [-0.2, 0) is 21.3 Å². The number of ether oxygens (including phenoxy) is 1. The first-order valence-electron chi connectivity index (χ1n) is 8.22. The number of sulfonamides is 1. The summed E-state index contributed by atoms with van der Waals surface area (Å²) < 4.78 is 46.3. The number of hydrogen-bond acceptors (Lipinski definition) is 4. The van der Waals surface area contributed by atoms with Crippen LogP contribution in [-0.4, -0.2) is 46.1 Å². The van der Waals surface area contributed by atoms with E-state index in [1.54, 1.807) is 0 Å². The molecule has 1 heterocycles. The summed E-state index contributed by atoms with van der Waals surface area (Å²) in [5, 5.41) is -0.215. The topological polar surface area (TPSA) is 49.9 Å². The fraction of sp³-hybridized carbons (Fsp3) is 0.333. The minimum absolute atomic E-state index is 0.127. The zero-order valence-corrected chi connectivity index (χ0v) is 15.9. The third kappa shape index (κ3) is 3.86. The van der Waals surface area contributed by atoms with Crippen LogP contribution in [0.1, 0.15) is 5.56 Å². The van der Waals surface area contributed by atoms with E-state index in [2.05, 4.69) is 4.90 Å². The zero-order chi connectivity index (χ0) is 18.7. The van der Waals surface area contributed by atoms with Crippen molar-refractivity contribution < 1.29 is 17.5 Å². The van der Waals surface area contributed by atoms with Crippen molar-refractivity contribution in [3.8, 4) is 0 Å². The van der Waals surface area contributed by atoms with E-state index < -0.39 is 20.7 Å². The number of para-hydroxylation sites is 1. The average Bonchev–Trinajstić information content (AvgIpc) is 2.65. The van der Waals surface area contributed by atoms with E-state index >= 15 is 0 Å². The van der Waals surface area contributed by atoms with Gasteiger partial charge in [-0.2, -0.15) is 4.31 Å². The van der Waals surface area contributed by atoms with Crippen LogP contribution < -0.4 is 4.90 Å². The van der Waals surface area contributed by atoms with Gasteiger partial charge in [-0.3, -0.25) is 0 Å². The Morgan fingerprint density at radius 3 is 2.58 bits per heavy atom. The Hall–Kier alpha value is -1.67. The highest BCUT2D eigenvalue weighted by Crippen LogP contribution is 2.27. The molecule has 1 saturated heterocycles. The zero-order valence-electron chi connectivity index (χ0n) is 14.4. The van der Waals surface area contributed by atoms with Crippen molar-refractivity contribution in [2.45, 2.75) is 11.4 Å². The van der Waals surface area contributed by atoms with E-state index in [0.29, 0.717) is 13.2 Å². The molecule has 1 aliphatic rings. The summed E-state index contributed by atoms with van der Waals surface area (Å²) in [7, 11) is -2.57. The Morgan fingerprint density at radius 1 is 1.15 bits per heavy atom. The smallest absolute Gasteiger partial charge is 0.246 e. The number of hydrogen-bond donors (Lipinski definition) is 0. The van der Waals surface area contributed by atoms with Gasteiger partial charge in [-0.15, -0.1) is 0 Å². The second-order valence-corrected chi connectivity index (χ2v) is 8.46. The molecule has 0 aliphatic carbocycles. The molecule has 0 unspecified atom stereocenters. The number of anilines is 1. The van der Waals surface area contributed by atoms with Gasteiger partial charge in [0.15, 0.2) is 5.82 Å². The lowest BCUT2D eigenvalue weighted by atomic mass is 10.1. The van der Waals surface area contributed by atoms with Crippen molar-refractivity contribution in [3.05, 3.63) is 58.9 Å². The number of rotatable bonds is 5. The highest BCUT2D eigenvalue weighted by atomic mass is 35.5. The van der Waals surface area contributed by atoms with Crippen LogP contribution in [0, 0.1) is 5.82 Å². The van der Waals surface area contributed by atoms with Crippen molar-refractivity contribution >= 4 is 27.3 Å². The minimum atomic E-state index is -4.01. The summed E-state index contributed by atoms with van der Waals surface area (Å²) in [4.78, 5) is 1.75. The molecule has 0 atom stereocenters. The maximum atomic E-state index is 14.2. The first-order chi connectivity index (χ1) is 12.4. The third-order valence-electron chi connectivity index (χ3n) is 4.34. The average molecular weight is 399 g/mol. The maximum absolute atomic E-state index is 14.2. The van der Waals surface area contributed by atoms with Crippen molar-refractivity contribution in [2.75, 3.05) is 38.3 Å². The molecular formula is C18H20ClFN2O3S. The molecule has 26 heavy (non-hydrogen) atoms. The number of benzene rings is 2. The number of nitrogens with zero attached hydrogens (tertiary/aromatic N) is 2. The molecule has 5 nitrogen and oxygen atoms in total. The van der Waals surface area contributed by atoms with E-state index in [1.165, 1.54) is 25.2 Å². The number of morpholine rings is 1. The van der Waals surface area contributed by atoms with Crippen molar-refractivity contribution in [3.63, 3.8) is 0 Å². The highest BCUT2D eigenvalue weighted by Gasteiger charge is 2.27. The lowest BCUT2D eigenvalue weighted by Crippen LogP contribution is -2.37. The molecule has 0 bridgehead atoms. The van der Waals surface area contributed by atoms with Crippen LogP contribution in [0.25, 0.3) is 0 Å². The van der Waals surface area contributed by atoms with E-state index in [1.807, 2.05) is 24.3 Å². The molecule has 0 radical (unpaired) electrons. The lowest BCUT2D eigenvalue weighted by molar-refractivity contribution is 0.122. The molecule has 1 aliphatic heterocycles. The fourth-order valence-corrected chi connectivity index (χ4v) is 4.40. The van der Waals surface area contributed by atoms with Crippen LogP contribution in [0.5, 0.6) is 0 Å². The molecule has 0 aromatic heterocycles. The van der Waals surface area contributed by atoms with Crippen LogP contribution in [0.4, 0.5) is 10.1 Å². The van der Waals surface area contributed by atoms with Gasteiger partial charge in [0.1, 0.15) is 4.90 Å². The largest absolute Gasteiger partial charge is 0.378 e. The minimum Gasteiger partial charge on any atom is -0.378 e. The van der Waals surface area contributed by atoms with Gasteiger partial charge in [0.25, 0.3) is 0 Å². The molecule has 0 N–H and O–H groups in total. The molecule has 140 valence electrons. The number of halogens is 2. The Morgan fingerprint density at radius 2 is 1.85 bits per heavy atom. The van der Waals surface area contributed by atoms with E-state index in [-0.39, 0.29) is 11.6 Å². The Bertz CT molecular complexity index is 886. The summed E-state index contributed by atoms with van der Waals surface area (Å²) in [5.41, 5.74) is 1.81. The van der Waals surface area contributed by atoms with Gasteiger partial charge in [0.05, 0.1) is 18.2 Å². The van der Waals surface area contributed by atoms with Crippen molar-refractivity contribution in [1.29, 1.82) is 0 Å². The monoisotopic (exact) mass is 398 g/mol. The van der Waals surface area contributed by atoms with Crippen LogP contribution in [0.2, 0.25) is 5.02 Å². The molecule has 1 fully saturated rings. The lowest BCUT2D eigenvalue weighted by Gasteiger charge is -2.31. The standard InChI is InChI=1S/C18H20ClFN2O3S/c1-21(26(23,24)17-8-4-6-15(19)18(17)20)13-14-5-2-3-7-16(14)22-9-11-25-12-10-22/h2-8H,9-13H2,1H3. The van der Waals surface area contributed by atoms with E-state index in [4.69, 9.17) is 16.3 Å². The molecule has 0 saturated carbocycles. The summed E-state index contributed by atoms with van der Waals surface area (Å²) in [6, 6.07) is 11.6. The van der Waals surface area contributed by atoms with E-state index in [0.717, 1.165) is 28.6 Å². The van der Waals surface area contributed by atoms with E-state index in [9.17, 15) is 12.8 Å². The maximum Gasteiger partial charge on any atom is 0.246 e. The molecule has 0 amide bonds. The third-order valence-corrected chi connectivity index (χ3v) is 6.45. The normalized spacial score (nSPS) is 15.5.